The van der Waals surface area contributed by atoms with Crippen LogP contribution in [0.25, 0.3) is 0 Å². The van der Waals surface area contributed by atoms with E-state index in [0.717, 1.165) is 11.1 Å². The topological polar surface area (TPSA) is 25.2 Å². The first kappa shape index (κ1) is 11.5. The van der Waals surface area contributed by atoms with Crippen LogP contribution in [-0.2, 0) is 13.6 Å². The van der Waals surface area contributed by atoms with Crippen LogP contribution in [0.4, 0.5) is 0 Å². The number of benzene rings is 1. The van der Waals surface area contributed by atoms with E-state index in [1.807, 2.05) is 67.5 Å². The molecule has 17 heavy (non-hydrogen) atoms. The van der Waals surface area contributed by atoms with Gasteiger partial charge in [0.25, 0.3) is 5.91 Å². The third-order valence-electron chi connectivity index (χ3n) is 2.69. The molecule has 1 aromatic carbocycles. The predicted octanol–water partition coefficient (Wildman–Crippen LogP) is 2.30. The highest BCUT2D eigenvalue weighted by Gasteiger charge is 2.12. The van der Waals surface area contributed by atoms with Gasteiger partial charge in [-0.2, -0.15) is 0 Å². The summed E-state index contributed by atoms with van der Waals surface area (Å²) in [5.41, 5.74) is 1.87. The summed E-state index contributed by atoms with van der Waals surface area (Å²) in [6.45, 7) is 0.633. The number of carbonyl (C=O) groups is 1. The number of rotatable bonds is 3. The van der Waals surface area contributed by atoms with Crippen molar-refractivity contribution in [2.75, 3.05) is 7.05 Å². The predicted molar refractivity (Wildman–Crippen MR) is 67.7 cm³/mol. The maximum absolute atomic E-state index is 12.1. The van der Waals surface area contributed by atoms with Crippen LogP contribution in [-0.4, -0.2) is 22.4 Å². The van der Waals surface area contributed by atoms with Crippen LogP contribution in [0.2, 0.25) is 0 Å². The van der Waals surface area contributed by atoms with Gasteiger partial charge in [0.05, 0.1) is 5.56 Å². The van der Waals surface area contributed by atoms with E-state index in [1.54, 1.807) is 4.90 Å². The molecule has 3 heteroatoms. The van der Waals surface area contributed by atoms with Crippen LogP contribution in [0.1, 0.15) is 15.9 Å². The summed E-state index contributed by atoms with van der Waals surface area (Å²) in [5.74, 6) is 0.0504. The first-order valence-electron chi connectivity index (χ1n) is 5.58. The van der Waals surface area contributed by atoms with Crippen molar-refractivity contribution in [3.05, 3.63) is 59.9 Å². The summed E-state index contributed by atoms with van der Waals surface area (Å²) in [6, 6.07) is 11.8. The van der Waals surface area contributed by atoms with Crippen molar-refractivity contribution in [3.8, 4) is 0 Å². The largest absolute Gasteiger partial charge is 0.356 e. The van der Waals surface area contributed by atoms with Gasteiger partial charge >= 0.3 is 0 Å². The van der Waals surface area contributed by atoms with Crippen molar-refractivity contribution in [3.63, 3.8) is 0 Å². The summed E-state index contributed by atoms with van der Waals surface area (Å²) < 4.78 is 1.88. The summed E-state index contributed by atoms with van der Waals surface area (Å²) in [6.07, 6.45) is 3.72. The Morgan fingerprint density at radius 3 is 2.53 bits per heavy atom. The first-order chi connectivity index (χ1) is 8.16. The van der Waals surface area contributed by atoms with Gasteiger partial charge in [-0.05, 0) is 11.6 Å². The minimum Gasteiger partial charge on any atom is -0.356 e. The molecule has 0 N–H and O–H groups in total. The van der Waals surface area contributed by atoms with E-state index in [1.165, 1.54) is 0 Å². The Morgan fingerprint density at radius 2 is 1.94 bits per heavy atom. The highest BCUT2D eigenvalue weighted by Crippen LogP contribution is 2.08. The molecule has 88 valence electrons. The zero-order valence-electron chi connectivity index (χ0n) is 10.1. The normalized spacial score (nSPS) is 10.2. The van der Waals surface area contributed by atoms with E-state index >= 15 is 0 Å². The summed E-state index contributed by atoms with van der Waals surface area (Å²) >= 11 is 0. The number of nitrogens with zero attached hydrogens (tertiary/aromatic N) is 2. The standard InChI is InChI=1S/C14H16N2O/c1-15-9-8-13(11-15)14(17)16(2)10-12-6-4-3-5-7-12/h3-9,11H,10H2,1-2H3. The van der Waals surface area contributed by atoms with Gasteiger partial charge in [0.1, 0.15) is 0 Å². The third kappa shape index (κ3) is 2.75. The SMILES string of the molecule is CN(Cc1ccccc1)C(=O)c1ccn(C)c1. The summed E-state index contributed by atoms with van der Waals surface area (Å²) in [4.78, 5) is 13.8. The van der Waals surface area contributed by atoms with E-state index in [-0.39, 0.29) is 5.91 Å². The lowest BCUT2D eigenvalue weighted by molar-refractivity contribution is 0.0785. The second-order valence-electron chi connectivity index (χ2n) is 4.21. The minimum absolute atomic E-state index is 0.0504. The fourth-order valence-electron chi connectivity index (χ4n) is 1.78. The van der Waals surface area contributed by atoms with Crippen LogP contribution < -0.4 is 0 Å². The molecule has 0 aliphatic rings. The number of hydrogen-bond acceptors (Lipinski definition) is 1. The number of aromatic nitrogens is 1. The molecule has 0 aliphatic carbocycles. The molecule has 0 aliphatic heterocycles. The Morgan fingerprint density at radius 1 is 1.24 bits per heavy atom. The van der Waals surface area contributed by atoms with Gasteiger partial charge in [0, 0.05) is 33.0 Å². The van der Waals surface area contributed by atoms with Gasteiger partial charge in [0.15, 0.2) is 0 Å². The molecule has 0 fully saturated rings. The zero-order chi connectivity index (χ0) is 12.3. The maximum atomic E-state index is 12.1. The smallest absolute Gasteiger partial charge is 0.255 e. The third-order valence-corrected chi connectivity index (χ3v) is 2.69. The zero-order valence-corrected chi connectivity index (χ0v) is 10.1. The van der Waals surface area contributed by atoms with Gasteiger partial charge in [-0.3, -0.25) is 4.79 Å². The first-order valence-corrected chi connectivity index (χ1v) is 5.58. The Bertz CT molecular complexity index is 502. The molecule has 1 heterocycles. The molecule has 2 rings (SSSR count). The molecule has 1 aromatic heterocycles. The van der Waals surface area contributed by atoms with Crippen molar-refractivity contribution < 1.29 is 4.79 Å². The van der Waals surface area contributed by atoms with E-state index in [9.17, 15) is 4.79 Å². The molecular weight excluding hydrogens is 212 g/mol. The van der Waals surface area contributed by atoms with Crippen LogP contribution in [0.5, 0.6) is 0 Å². The fourth-order valence-corrected chi connectivity index (χ4v) is 1.78. The Balaban J connectivity index is 2.06. The van der Waals surface area contributed by atoms with Gasteiger partial charge in [-0.15, -0.1) is 0 Å². The molecule has 2 aromatic rings. The van der Waals surface area contributed by atoms with Crippen molar-refractivity contribution in [1.29, 1.82) is 0 Å². The van der Waals surface area contributed by atoms with E-state index < -0.39 is 0 Å². The quantitative estimate of drug-likeness (QED) is 0.791. The highest BCUT2D eigenvalue weighted by atomic mass is 16.2. The lowest BCUT2D eigenvalue weighted by Gasteiger charge is -2.16. The van der Waals surface area contributed by atoms with Gasteiger partial charge < -0.3 is 9.47 Å². The second-order valence-corrected chi connectivity index (χ2v) is 4.21. The van der Waals surface area contributed by atoms with E-state index in [4.69, 9.17) is 0 Å². The molecule has 0 saturated carbocycles. The fraction of sp³-hybridized carbons (Fsp3) is 0.214. The van der Waals surface area contributed by atoms with Gasteiger partial charge in [0.2, 0.25) is 0 Å². The van der Waals surface area contributed by atoms with Crippen molar-refractivity contribution in [1.82, 2.24) is 9.47 Å². The van der Waals surface area contributed by atoms with Crippen molar-refractivity contribution >= 4 is 5.91 Å². The second kappa shape index (κ2) is 4.87. The van der Waals surface area contributed by atoms with Crippen LogP contribution >= 0.6 is 0 Å². The molecule has 0 atom stereocenters. The average Bonchev–Trinajstić information content (AvgIpc) is 2.76. The Labute approximate surface area is 101 Å². The summed E-state index contributed by atoms with van der Waals surface area (Å²) in [5, 5.41) is 0. The number of amides is 1. The number of hydrogen-bond donors (Lipinski definition) is 0. The summed E-state index contributed by atoms with van der Waals surface area (Å²) in [7, 11) is 3.73. The van der Waals surface area contributed by atoms with Crippen LogP contribution in [0, 0.1) is 0 Å². The average molecular weight is 228 g/mol. The molecule has 0 spiro atoms. The monoisotopic (exact) mass is 228 g/mol. The van der Waals surface area contributed by atoms with E-state index in [2.05, 4.69) is 0 Å². The molecule has 0 radical (unpaired) electrons. The highest BCUT2D eigenvalue weighted by molar-refractivity contribution is 5.93. The lowest BCUT2D eigenvalue weighted by atomic mass is 10.2. The maximum Gasteiger partial charge on any atom is 0.255 e. The van der Waals surface area contributed by atoms with Crippen LogP contribution in [0.15, 0.2) is 48.8 Å². The molecule has 1 amide bonds. The Kier molecular flexibility index (Phi) is 3.28. The molecule has 0 saturated heterocycles. The van der Waals surface area contributed by atoms with Gasteiger partial charge in [-0.1, -0.05) is 30.3 Å². The number of carbonyl (C=O) groups excluding carboxylic acids is 1. The van der Waals surface area contributed by atoms with Gasteiger partial charge in [-0.25, -0.2) is 0 Å². The molecular formula is C14H16N2O. The molecule has 0 bridgehead atoms. The molecule has 0 unspecified atom stereocenters. The minimum atomic E-state index is 0.0504. The molecule has 3 nitrogen and oxygen atoms in total. The number of aryl methyl sites for hydroxylation is 1. The van der Waals surface area contributed by atoms with E-state index in [0.29, 0.717) is 6.54 Å². The van der Waals surface area contributed by atoms with Crippen molar-refractivity contribution in [2.24, 2.45) is 7.05 Å². The van der Waals surface area contributed by atoms with Crippen LogP contribution in [0.3, 0.4) is 0 Å². The lowest BCUT2D eigenvalue weighted by Crippen LogP contribution is -2.25. The Hall–Kier alpha value is -2.03. The van der Waals surface area contributed by atoms with Crippen molar-refractivity contribution in [2.45, 2.75) is 6.54 Å².